The molecule has 1 aromatic rings. The van der Waals surface area contributed by atoms with Crippen LogP contribution in [0.25, 0.3) is 0 Å². The van der Waals surface area contributed by atoms with Gasteiger partial charge in [0.25, 0.3) is 0 Å². The molecular formula is C15H24N4OS. The SMILES string of the molecule is C=CCn1c(C)nnc1SCC(=O)NC1CCCCC1C. The number of thioether (sulfide) groups is 1. The summed E-state index contributed by atoms with van der Waals surface area (Å²) >= 11 is 1.44. The Morgan fingerprint density at radius 1 is 1.48 bits per heavy atom. The molecule has 0 aliphatic heterocycles. The van der Waals surface area contributed by atoms with E-state index in [4.69, 9.17) is 0 Å². The quantitative estimate of drug-likeness (QED) is 0.648. The first-order valence-corrected chi connectivity index (χ1v) is 8.53. The van der Waals surface area contributed by atoms with Crippen LogP contribution in [0.1, 0.15) is 38.4 Å². The number of nitrogens with one attached hydrogen (secondary N) is 1. The summed E-state index contributed by atoms with van der Waals surface area (Å²) < 4.78 is 1.97. The van der Waals surface area contributed by atoms with Crippen molar-refractivity contribution in [3.8, 4) is 0 Å². The maximum atomic E-state index is 12.1. The standard InChI is InChI=1S/C15H24N4OS/c1-4-9-19-12(3)17-18-15(19)21-10-14(20)16-13-8-6-5-7-11(13)2/h4,11,13H,1,5-10H2,2-3H3,(H,16,20). The third-order valence-corrected chi connectivity index (χ3v) is 4.97. The second kappa shape index (κ2) is 7.64. The van der Waals surface area contributed by atoms with E-state index < -0.39 is 0 Å². The average Bonchev–Trinajstić information content (AvgIpc) is 2.81. The minimum atomic E-state index is 0.0876. The van der Waals surface area contributed by atoms with Gasteiger partial charge in [0.2, 0.25) is 5.91 Å². The number of hydrogen-bond donors (Lipinski definition) is 1. The van der Waals surface area contributed by atoms with Crippen molar-refractivity contribution in [2.75, 3.05) is 5.75 Å². The van der Waals surface area contributed by atoms with Gasteiger partial charge in [0.1, 0.15) is 5.82 Å². The van der Waals surface area contributed by atoms with Crippen LogP contribution in [-0.2, 0) is 11.3 Å². The van der Waals surface area contributed by atoms with Gasteiger partial charge >= 0.3 is 0 Å². The van der Waals surface area contributed by atoms with Crippen LogP contribution in [0.4, 0.5) is 0 Å². The first kappa shape index (κ1) is 16.1. The first-order valence-electron chi connectivity index (χ1n) is 7.54. The van der Waals surface area contributed by atoms with Crippen molar-refractivity contribution in [3.05, 3.63) is 18.5 Å². The van der Waals surface area contributed by atoms with E-state index in [1.54, 1.807) is 0 Å². The van der Waals surface area contributed by atoms with Crippen molar-refractivity contribution in [3.63, 3.8) is 0 Å². The molecule has 2 atom stereocenters. The predicted octanol–water partition coefficient (Wildman–Crippen LogP) is 2.56. The van der Waals surface area contributed by atoms with Crippen LogP contribution in [0.2, 0.25) is 0 Å². The van der Waals surface area contributed by atoms with Crippen molar-refractivity contribution < 1.29 is 4.79 Å². The molecule has 2 rings (SSSR count). The maximum Gasteiger partial charge on any atom is 0.230 e. The summed E-state index contributed by atoms with van der Waals surface area (Å²) in [5.74, 6) is 1.90. The summed E-state index contributed by atoms with van der Waals surface area (Å²) in [5, 5.41) is 12.1. The summed E-state index contributed by atoms with van der Waals surface area (Å²) in [6, 6.07) is 0.333. The summed E-state index contributed by atoms with van der Waals surface area (Å²) in [7, 11) is 0. The summed E-state index contributed by atoms with van der Waals surface area (Å²) in [5.41, 5.74) is 0. The zero-order valence-corrected chi connectivity index (χ0v) is 13.7. The lowest BCUT2D eigenvalue weighted by molar-refractivity contribution is -0.119. The highest BCUT2D eigenvalue weighted by Gasteiger charge is 2.23. The number of amides is 1. The zero-order chi connectivity index (χ0) is 15.2. The van der Waals surface area contributed by atoms with Crippen molar-refractivity contribution in [2.45, 2.75) is 57.3 Å². The molecule has 1 aliphatic rings. The molecule has 0 spiro atoms. The van der Waals surface area contributed by atoms with Crippen LogP contribution >= 0.6 is 11.8 Å². The molecule has 1 saturated carbocycles. The molecule has 1 heterocycles. The van der Waals surface area contributed by atoms with Crippen LogP contribution in [-0.4, -0.2) is 32.5 Å². The highest BCUT2D eigenvalue weighted by Crippen LogP contribution is 2.24. The highest BCUT2D eigenvalue weighted by atomic mass is 32.2. The van der Waals surface area contributed by atoms with E-state index in [2.05, 4.69) is 29.0 Å². The van der Waals surface area contributed by atoms with Gasteiger partial charge in [0, 0.05) is 12.6 Å². The van der Waals surface area contributed by atoms with Crippen molar-refractivity contribution in [1.29, 1.82) is 0 Å². The third kappa shape index (κ3) is 4.33. The molecule has 21 heavy (non-hydrogen) atoms. The Kier molecular flexibility index (Phi) is 5.85. The molecule has 1 fully saturated rings. The number of rotatable bonds is 6. The van der Waals surface area contributed by atoms with Gasteiger partial charge in [-0.25, -0.2) is 0 Å². The third-order valence-electron chi connectivity index (χ3n) is 4.00. The molecule has 1 aliphatic carbocycles. The minimum absolute atomic E-state index is 0.0876. The number of allylic oxidation sites excluding steroid dienone is 1. The maximum absolute atomic E-state index is 12.1. The molecular weight excluding hydrogens is 284 g/mol. The molecule has 116 valence electrons. The predicted molar refractivity (Wildman–Crippen MR) is 85.2 cm³/mol. The lowest BCUT2D eigenvalue weighted by atomic mass is 9.86. The highest BCUT2D eigenvalue weighted by molar-refractivity contribution is 7.99. The van der Waals surface area contributed by atoms with E-state index in [1.165, 1.54) is 31.0 Å². The van der Waals surface area contributed by atoms with E-state index in [1.807, 2.05) is 17.6 Å². The van der Waals surface area contributed by atoms with E-state index in [-0.39, 0.29) is 5.91 Å². The Bertz CT molecular complexity index is 500. The molecule has 6 heteroatoms. The summed E-state index contributed by atoms with van der Waals surface area (Å²) in [6.45, 7) is 8.53. The average molecular weight is 308 g/mol. The van der Waals surface area contributed by atoms with Crippen LogP contribution in [0.3, 0.4) is 0 Å². The van der Waals surface area contributed by atoms with E-state index in [9.17, 15) is 4.79 Å². The largest absolute Gasteiger partial charge is 0.352 e. The molecule has 0 bridgehead atoms. The fourth-order valence-corrected chi connectivity index (χ4v) is 3.52. The molecule has 1 amide bonds. The molecule has 1 aromatic heterocycles. The molecule has 5 nitrogen and oxygen atoms in total. The lowest BCUT2D eigenvalue weighted by Crippen LogP contribution is -2.41. The number of carbonyl (C=O) groups excluding carboxylic acids is 1. The minimum Gasteiger partial charge on any atom is -0.352 e. The Hall–Kier alpha value is -1.30. The van der Waals surface area contributed by atoms with Crippen molar-refractivity contribution in [2.24, 2.45) is 5.92 Å². The van der Waals surface area contributed by atoms with Gasteiger partial charge in [-0.1, -0.05) is 37.6 Å². The molecule has 0 radical (unpaired) electrons. The number of carbonyl (C=O) groups is 1. The van der Waals surface area contributed by atoms with Crippen LogP contribution in [0.5, 0.6) is 0 Å². The fraction of sp³-hybridized carbons (Fsp3) is 0.667. The van der Waals surface area contributed by atoms with Gasteiger partial charge in [0.15, 0.2) is 5.16 Å². The van der Waals surface area contributed by atoms with Crippen LogP contribution in [0, 0.1) is 12.8 Å². The number of hydrogen-bond acceptors (Lipinski definition) is 4. The monoisotopic (exact) mass is 308 g/mol. The van der Waals surface area contributed by atoms with Gasteiger partial charge in [-0.15, -0.1) is 16.8 Å². The number of aromatic nitrogens is 3. The Morgan fingerprint density at radius 3 is 2.95 bits per heavy atom. The fourth-order valence-electron chi connectivity index (χ4n) is 2.72. The molecule has 0 saturated heterocycles. The molecule has 1 N–H and O–H groups in total. The van der Waals surface area contributed by atoms with Crippen molar-refractivity contribution in [1.82, 2.24) is 20.1 Å². The van der Waals surface area contributed by atoms with Gasteiger partial charge in [-0.05, 0) is 25.7 Å². The number of nitrogens with zero attached hydrogens (tertiary/aromatic N) is 3. The van der Waals surface area contributed by atoms with Crippen LogP contribution < -0.4 is 5.32 Å². The Labute approximate surface area is 130 Å². The van der Waals surface area contributed by atoms with Gasteiger partial charge in [-0.3, -0.25) is 4.79 Å². The van der Waals surface area contributed by atoms with Gasteiger partial charge in [-0.2, -0.15) is 0 Å². The smallest absolute Gasteiger partial charge is 0.230 e. The Morgan fingerprint density at radius 2 is 2.24 bits per heavy atom. The molecule has 2 unspecified atom stereocenters. The van der Waals surface area contributed by atoms with Gasteiger partial charge in [0.05, 0.1) is 5.75 Å². The zero-order valence-electron chi connectivity index (χ0n) is 12.8. The van der Waals surface area contributed by atoms with E-state index in [0.717, 1.165) is 17.4 Å². The van der Waals surface area contributed by atoms with Gasteiger partial charge < -0.3 is 9.88 Å². The molecule has 0 aromatic carbocycles. The van der Waals surface area contributed by atoms with Crippen LogP contribution in [0.15, 0.2) is 17.8 Å². The lowest BCUT2D eigenvalue weighted by Gasteiger charge is -2.29. The second-order valence-corrected chi connectivity index (χ2v) is 6.60. The van der Waals surface area contributed by atoms with Crippen molar-refractivity contribution >= 4 is 17.7 Å². The second-order valence-electron chi connectivity index (χ2n) is 5.65. The normalized spacial score (nSPS) is 22.0. The van der Waals surface area contributed by atoms with E-state index >= 15 is 0 Å². The first-order chi connectivity index (χ1) is 10.1. The summed E-state index contributed by atoms with van der Waals surface area (Å²) in [6.07, 6.45) is 6.62. The Balaban J connectivity index is 1.85. The van der Waals surface area contributed by atoms with E-state index in [0.29, 0.717) is 24.3 Å². The number of aryl methyl sites for hydroxylation is 1. The topological polar surface area (TPSA) is 59.8 Å². The summed E-state index contributed by atoms with van der Waals surface area (Å²) in [4.78, 5) is 12.1.